The molecule has 23 heavy (non-hydrogen) atoms. The monoisotopic (exact) mass is 325 g/mol. The molecule has 1 aliphatic rings. The lowest BCUT2D eigenvalue weighted by Gasteiger charge is -2.23. The van der Waals surface area contributed by atoms with Crippen molar-refractivity contribution >= 4 is 28.2 Å². The number of hydrogen-bond acceptors (Lipinski definition) is 6. The average molecular weight is 325 g/mol. The highest BCUT2D eigenvalue weighted by atomic mass is 32.1. The van der Waals surface area contributed by atoms with Crippen LogP contribution >= 0.6 is 11.3 Å². The van der Waals surface area contributed by atoms with E-state index < -0.39 is 0 Å². The second kappa shape index (κ2) is 5.53. The molecule has 1 aliphatic carbocycles. The Kier molecular flexibility index (Phi) is 3.49. The van der Waals surface area contributed by atoms with E-state index in [1.54, 1.807) is 6.33 Å². The Balaban J connectivity index is 1.77. The lowest BCUT2D eigenvalue weighted by atomic mass is 9.97. The summed E-state index contributed by atoms with van der Waals surface area (Å²) >= 11 is 1.82. The van der Waals surface area contributed by atoms with Gasteiger partial charge in [-0.25, -0.2) is 19.9 Å². The third-order valence-corrected chi connectivity index (χ3v) is 5.35. The molecule has 5 nitrogen and oxygen atoms in total. The van der Waals surface area contributed by atoms with Crippen LogP contribution < -0.4 is 5.32 Å². The summed E-state index contributed by atoms with van der Waals surface area (Å²) in [6.45, 7) is 6.16. The van der Waals surface area contributed by atoms with Gasteiger partial charge < -0.3 is 5.32 Å². The van der Waals surface area contributed by atoms with Crippen LogP contribution in [0.3, 0.4) is 0 Å². The van der Waals surface area contributed by atoms with E-state index in [9.17, 15) is 0 Å². The fraction of sp³-hybridized carbons (Fsp3) is 0.412. The van der Waals surface area contributed by atoms with Gasteiger partial charge in [-0.15, -0.1) is 11.3 Å². The topological polar surface area (TPSA) is 63.6 Å². The van der Waals surface area contributed by atoms with Crippen LogP contribution in [0.5, 0.6) is 0 Å². The number of nitrogens with one attached hydrogen (secondary N) is 1. The minimum Gasteiger partial charge on any atom is -0.361 e. The largest absolute Gasteiger partial charge is 0.361 e. The molecular weight excluding hydrogens is 306 g/mol. The molecule has 4 rings (SSSR count). The Morgan fingerprint density at radius 3 is 2.91 bits per heavy atom. The molecule has 3 aromatic heterocycles. The van der Waals surface area contributed by atoms with Crippen molar-refractivity contribution in [3.63, 3.8) is 0 Å². The van der Waals surface area contributed by atoms with Gasteiger partial charge >= 0.3 is 0 Å². The average Bonchev–Trinajstić information content (AvgIpc) is 2.88. The fourth-order valence-corrected chi connectivity index (χ4v) is 4.40. The highest BCUT2D eigenvalue weighted by Gasteiger charge is 2.25. The number of fused-ring (bicyclic) bond motifs is 2. The first-order chi connectivity index (χ1) is 11.1. The maximum absolute atomic E-state index is 4.74. The maximum atomic E-state index is 4.74. The van der Waals surface area contributed by atoms with Gasteiger partial charge in [0, 0.05) is 10.6 Å². The molecular formula is C17H19N5S. The van der Waals surface area contributed by atoms with E-state index in [1.165, 1.54) is 17.0 Å². The smallest absolute Gasteiger partial charge is 0.165 e. The van der Waals surface area contributed by atoms with Gasteiger partial charge in [0.2, 0.25) is 0 Å². The Bertz CT molecular complexity index is 886. The highest BCUT2D eigenvalue weighted by molar-refractivity contribution is 7.11. The zero-order valence-electron chi connectivity index (χ0n) is 13.6. The summed E-state index contributed by atoms with van der Waals surface area (Å²) in [5.74, 6) is 0.864. The van der Waals surface area contributed by atoms with Crippen molar-refractivity contribution in [3.8, 4) is 0 Å². The van der Waals surface area contributed by atoms with Crippen LogP contribution in [-0.2, 0) is 6.42 Å². The zero-order valence-corrected chi connectivity index (χ0v) is 14.4. The van der Waals surface area contributed by atoms with Crippen LogP contribution in [0.4, 0.5) is 5.82 Å². The highest BCUT2D eigenvalue weighted by Crippen LogP contribution is 2.36. The van der Waals surface area contributed by atoms with Gasteiger partial charge in [-0.05, 0) is 51.7 Å². The number of thiazole rings is 1. The molecule has 0 amide bonds. The lowest BCUT2D eigenvalue weighted by Crippen LogP contribution is -2.18. The number of nitrogens with zero attached hydrogens (tertiary/aromatic N) is 4. The number of hydrogen-bond donors (Lipinski definition) is 1. The molecule has 0 saturated heterocycles. The van der Waals surface area contributed by atoms with Crippen molar-refractivity contribution in [2.45, 2.75) is 46.1 Å². The van der Waals surface area contributed by atoms with Crippen LogP contribution in [0, 0.1) is 20.8 Å². The third kappa shape index (κ3) is 2.57. The van der Waals surface area contributed by atoms with Gasteiger partial charge in [-0.2, -0.15) is 0 Å². The second-order valence-electron chi connectivity index (χ2n) is 6.13. The van der Waals surface area contributed by atoms with Crippen molar-refractivity contribution in [2.75, 3.05) is 5.32 Å². The normalized spacial score (nSPS) is 17.3. The van der Waals surface area contributed by atoms with Crippen LogP contribution in [0.1, 0.15) is 45.7 Å². The Hall–Kier alpha value is -2.08. The first-order valence-corrected chi connectivity index (χ1v) is 8.75. The molecule has 0 spiro atoms. The number of rotatable bonds is 2. The Morgan fingerprint density at radius 2 is 2.04 bits per heavy atom. The van der Waals surface area contributed by atoms with Gasteiger partial charge in [0.1, 0.15) is 12.1 Å². The molecule has 0 aliphatic heterocycles. The van der Waals surface area contributed by atoms with Crippen molar-refractivity contribution in [2.24, 2.45) is 0 Å². The molecule has 1 atom stereocenters. The number of pyridine rings is 1. The van der Waals surface area contributed by atoms with Gasteiger partial charge in [0.25, 0.3) is 0 Å². The summed E-state index contributed by atoms with van der Waals surface area (Å²) in [5.41, 5.74) is 4.09. The van der Waals surface area contributed by atoms with E-state index in [2.05, 4.69) is 40.2 Å². The maximum Gasteiger partial charge on any atom is 0.165 e. The Morgan fingerprint density at radius 1 is 1.17 bits per heavy atom. The van der Waals surface area contributed by atoms with E-state index >= 15 is 0 Å². The van der Waals surface area contributed by atoms with Crippen molar-refractivity contribution in [1.82, 2.24) is 19.9 Å². The van der Waals surface area contributed by atoms with E-state index in [4.69, 9.17) is 4.98 Å². The summed E-state index contributed by atoms with van der Waals surface area (Å²) in [4.78, 5) is 19.5. The molecule has 3 heterocycles. The molecule has 0 saturated carbocycles. The summed E-state index contributed by atoms with van der Waals surface area (Å²) in [5, 5.41) is 5.76. The van der Waals surface area contributed by atoms with E-state index in [0.717, 1.165) is 46.0 Å². The number of anilines is 1. The molecule has 0 unspecified atom stereocenters. The number of aromatic nitrogens is 4. The molecule has 3 aromatic rings. The van der Waals surface area contributed by atoms with Gasteiger partial charge in [-0.3, -0.25) is 0 Å². The SMILES string of the molecule is Cc1cc(C)c2c(N[C@H]3CCCc4sc(C)nc43)ncnc2n1. The predicted molar refractivity (Wildman–Crippen MR) is 93.0 cm³/mol. The molecule has 0 aromatic carbocycles. The van der Waals surface area contributed by atoms with Crippen molar-refractivity contribution in [3.05, 3.63) is 39.2 Å². The van der Waals surface area contributed by atoms with Crippen LogP contribution in [0.25, 0.3) is 11.0 Å². The molecule has 0 radical (unpaired) electrons. The first kappa shape index (κ1) is 14.5. The summed E-state index contributed by atoms with van der Waals surface area (Å²) in [6, 6.07) is 2.30. The van der Waals surface area contributed by atoms with E-state index in [0.29, 0.717) is 0 Å². The second-order valence-corrected chi connectivity index (χ2v) is 7.42. The van der Waals surface area contributed by atoms with E-state index in [-0.39, 0.29) is 6.04 Å². The minimum absolute atomic E-state index is 0.225. The summed E-state index contributed by atoms with van der Waals surface area (Å²) in [6.07, 6.45) is 5.00. The minimum atomic E-state index is 0.225. The van der Waals surface area contributed by atoms with Gasteiger partial charge in [-0.1, -0.05) is 0 Å². The molecule has 0 bridgehead atoms. The van der Waals surface area contributed by atoms with Crippen LogP contribution in [0.2, 0.25) is 0 Å². The number of aryl methyl sites for hydroxylation is 4. The Labute approximate surface area is 139 Å². The summed E-state index contributed by atoms with van der Waals surface area (Å²) in [7, 11) is 0. The lowest BCUT2D eigenvalue weighted by molar-refractivity contribution is 0.592. The predicted octanol–water partition coefficient (Wildman–Crippen LogP) is 3.90. The van der Waals surface area contributed by atoms with Gasteiger partial charge in [0.15, 0.2) is 5.65 Å². The summed E-state index contributed by atoms with van der Waals surface area (Å²) < 4.78 is 0. The molecule has 1 N–H and O–H groups in total. The first-order valence-electron chi connectivity index (χ1n) is 7.93. The van der Waals surface area contributed by atoms with Gasteiger partial charge in [0.05, 0.1) is 22.1 Å². The third-order valence-electron chi connectivity index (χ3n) is 4.30. The standard InChI is InChI=1S/C17H19N5S/c1-9-7-10(2)20-16-14(9)17(19-8-18-16)22-12-5-4-6-13-15(12)21-11(3)23-13/h7-8,12H,4-6H2,1-3H3,(H,18,19,20,22)/t12-/m0/s1. The fourth-order valence-electron chi connectivity index (χ4n) is 3.36. The van der Waals surface area contributed by atoms with Crippen LogP contribution in [0.15, 0.2) is 12.4 Å². The van der Waals surface area contributed by atoms with Crippen molar-refractivity contribution in [1.29, 1.82) is 0 Å². The van der Waals surface area contributed by atoms with Crippen LogP contribution in [-0.4, -0.2) is 19.9 Å². The quantitative estimate of drug-likeness (QED) is 0.774. The molecule has 118 valence electrons. The molecule has 0 fully saturated rings. The van der Waals surface area contributed by atoms with E-state index in [1.807, 2.05) is 18.3 Å². The van der Waals surface area contributed by atoms with Crippen molar-refractivity contribution < 1.29 is 0 Å². The molecule has 6 heteroatoms. The zero-order chi connectivity index (χ0) is 16.0.